The van der Waals surface area contributed by atoms with Gasteiger partial charge in [-0.3, -0.25) is 4.79 Å². The van der Waals surface area contributed by atoms with E-state index < -0.39 is 0 Å². The van der Waals surface area contributed by atoms with Gasteiger partial charge in [0.25, 0.3) is 5.91 Å². The zero-order valence-corrected chi connectivity index (χ0v) is 15.4. The van der Waals surface area contributed by atoms with Crippen molar-refractivity contribution in [1.82, 2.24) is 5.32 Å². The van der Waals surface area contributed by atoms with Crippen molar-refractivity contribution in [2.24, 2.45) is 0 Å². The van der Waals surface area contributed by atoms with Gasteiger partial charge in [-0.1, -0.05) is 17.7 Å². The van der Waals surface area contributed by atoms with Gasteiger partial charge in [0.15, 0.2) is 11.5 Å². The number of ether oxygens (including phenoxy) is 3. The fourth-order valence-corrected chi connectivity index (χ4v) is 2.51. The van der Waals surface area contributed by atoms with Crippen molar-refractivity contribution in [3.05, 3.63) is 52.5 Å². The maximum atomic E-state index is 12.4. The number of nitrogens with one attached hydrogen (secondary N) is 1. The van der Waals surface area contributed by atoms with Crippen LogP contribution in [0.3, 0.4) is 0 Å². The van der Waals surface area contributed by atoms with Crippen molar-refractivity contribution in [3.8, 4) is 17.2 Å². The summed E-state index contributed by atoms with van der Waals surface area (Å²) in [5, 5.41) is 3.34. The van der Waals surface area contributed by atoms with Gasteiger partial charge in [-0.25, -0.2) is 0 Å². The number of carbonyl (C=O) groups excluding carboxylic acids is 1. The van der Waals surface area contributed by atoms with Crippen LogP contribution in [-0.4, -0.2) is 26.2 Å². The lowest BCUT2D eigenvalue weighted by molar-refractivity contribution is 0.0948. The topological polar surface area (TPSA) is 56.8 Å². The van der Waals surface area contributed by atoms with E-state index in [2.05, 4.69) is 5.32 Å². The molecule has 0 saturated heterocycles. The molecule has 0 fully saturated rings. The Kier molecular flexibility index (Phi) is 6.95. The van der Waals surface area contributed by atoms with Gasteiger partial charge in [-0.05, 0) is 49.7 Å². The first-order chi connectivity index (χ1) is 12.1. The molecule has 2 aromatic carbocycles. The third-order valence-electron chi connectivity index (χ3n) is 3.47. The van der Waals surface area contributed by atoms with E-state index in [0.29, 0.717) is 47.6 Å². The first-order valence-corrected chi connectivity index (χ1v) is 8.47. The molecule has 0 saturated carbocycles. The maximum absolute atomic E-state index is 12.4. The summed E-state index contributed by atoms with van der Waals surface area (Å²) in [5.41, 5.74) is 1.30. The highest BCUT2D eigenvalue weighted by Crippen LogP contribution is 2.28. The Labute approximate surface area is 152 Å². The average molecular weight is 364 g/mol. The Morgan fingerprint density at radius 2 is 1.68 bits per heavy atom. The van der Waals surface area contributed by atoms with Gasteiger partial charge in [0.05, 0.1) is 25.9 Å². The number of rotatable bonds is 8. The van der Waals surface area contributed by atoms with Crippen LogP contribution < -0.4 is 19.5 Å². The molecule has 6 heteroatoms. The SMILES string of the molecule is CCOc1ccc(CNC(=O)c2cc(Cl)ccc2OC)cc1OCC. The Morgan fingerprint density at radius 1 is 1.00 bits per heavy atom. The van der Waals surface area contributed by atoms with E-state index in [-0.39, 0.29) is 5.91 Å². The van der Waals surface area contributed by atoms with E-state index in [9.17, 15) is 4.79 Å². The van der Waals surface area contributed by atoms with E-state index in [4.69, 9.17) is 25.8 Å². The van der Waals surface area contributed by atoms with Crippen LogP contribution in [0, 0.1) is 0 Å². The summed E-state index contributed by atoms with van der Waals surface area (Å²) in [5.74, 6) is 1.57. The molecule has 0 aromatic heterocycles. The number of amides is 1. The maximum Gasteiger partial charge on any atom is 0.255 e. The molecule has 1 N–H and O–H groups in total. The lowest BCUT2D eigenvalue weighted by Crippen LogP contribution is -2.23. The molecule has 5 nitrogen and oxygen atoms in total. The zero-order valence-electron chi connectivity index (χ0n) is 14.6. The number of carbonyl (C=O) groups is 1. The number of benzene rings is 2. The Morgan fingerprint density at radius 3 is 2.36 bits per heavy atom. The fraction of sp³-hybridized carbons (Fsp3) is 0.316. The van der Waals surface area contributed by atoms with Crippen molar-refractivity contribution >= 4 is 17.5 Å². The van der Waals surface area contributed by atoms with E-state index in [1.54, 1.807) is 18.2 Å². The summed E-state index contributed by atoms with van der Waals surface area (Å²) in [6.45, 7) is 5.28. The number of halogens is 1. The number of hydrogen-bond donors (Lipinski definition) is 1. The molecular formula is C19H22ClNO4. The minimum Gasteiger partial charge on any atom is -0.496 e. The molecule has 0 heterocycles. The van der Waals surface area contributed by atoms with Gasteiger partial charge in [0.2, 0.25) is 0 Å². The van der Waals surface area contributed by atoms with Gasteiger partial charge < -0.3 is 19.5 Å². The normalized spacial score (nSPS) is 10.2. The lowest BCUT2D eigenvalue weighted by Gasteiger charge is -2.13. The summed E-state index contributed by atoms with van der Waals surface area (Å²) in [6.07, 6.45) is 0. The smallest absolute Gasteiger partial charge is 0.255 e. The highest BCUT2D eigenvalue weighted by atomic mass is 35.5. The summed E-state index contributed by atoms with van der Waals surface area (Å²) in [4.78, 5) is 12.4. The van der Waals surface area contributed by atoms with E-state index in [1.807, 2.05) is 32.0 Å². The van der Waals surface area contributed by atoms with Crippen molar-refractivity contribution in [2.45, 2.75) is 20.4 Å². The molecule has 134 valence electrons. The monoisotopic (exact) mass is 363 g/mol. The largest absolute Gasteiger partial charge is 0.496 e. The summed E-state index contributed by atoms with van der Waals surface area (Å²) in [6, 6.07) is 10.5. The van der Waals surface area contributed by atoms with Crippen LogP contribution in [0.25, 0.3) is 0 Å². The predicted molar refractivity (Wildman–Crippen MR) is 98.0 cm³/mol. The molecule has 0 atom stereocenters. The van der Waals surface area contributed by atoms with E-state index in [1.165, 1.54) is 7.11 Å². The van der Waals surface area contributed by atoms with Crippen LogP contribution in [0.4, 0.5) is 0 Å². The quantitative estimate of drug-likeness (QED) is 0.767. The summed E-state index contributed by atoms with van der Waals surface area (Å²) in [7, 11) is 1.51. The van der Waals surface area contributed by atoms with Crippen LogP contribution in [0.1, 0.15) is 29.8 Å². The lowest BCUT2D eigenvalue weighted by atomic mass is 10.1. The highest BCUT2D eigenvalue weighted by molar-refractivity contribution is 6.31. The van der Waals surface area contributed by atoms with E-state index in [0.717, 1.165) is 5.56 Å². The summed E-state index contributed by atoms with van der Waals surface area (Å²) >= 11 is 5.97. The zero-order chi connectivity index (χ0) is 18.2. The first-order valence-electron chi connectivity index (χ1n) is 8.09. The Hall–Kier alpha value is -2.40. The standard InChI is InChI=1S/C19H22ClNO4/c1-4-24-17-8-6-13(10-18(17)25-5-2)12-21-19(22)15-11-14(20)7-9-16(15)23-3/h6-11H,4-5,12H2,1-3H3,(H,21,22). The molecule has 0 unspecified atom stereocenters. The van der Waals surface area contributed by atoms with Crippen LogP contribution in [0.2, 0.25) is 5.02 Å². The Bertz CT molecular complexity index is 733. The molecule has 25 heavy (non-hydrogen) atoms. The van der Waals surface area contributed by atoms with Gasteiger partial charge in [-0.2, -0.15) is 0 Å². The number of methoxy groups -OCH3 is 1. The molecule has 0 spiro atoms. The first kappa shape index (κ1) is 18.9. The van der Waals surface area contributed by atoms with Crippen LogP contribution in [0.5, 0.6) is 17.2 Å². The second-order valence-corrected chi connectivity index (χ2v) is 5.61. The predicted octanol–water partition coefficient (Wildman–Crippen LogP) is 4.08. The molecule has 2 aromatic rings. The van der Waals surface area contributed by atoms with Gasteiger partial charge in [0.1, 0.15) is 5.75 Å². The summed E-state index contributed by atoms with van der Waals surface area (Å²) < 4.78 is 16.3. The van der Waals surface area contributed by atoms with Crippen molar-refractivity contribution in [1.29, 1.82) is 0 Å². The molecule has 1 amide bonds. The van der Waals surface area contributed by atoms with Gasteiger partial charge in [-0.15, -0.1) is 0 Å². The minimum absolute atomic E-state index is 0.258. The van der Waals surface area contributed by atoms with Crippen LogP contribution >= 0.6 is 11.6 Å². The Balaban J connectivity index is 2.11. The number of hydrogen-bond acceptors (Lipinski definition) is 4. The van der Waals surface area contributed by atoms with Crippen molar-refractivity contribution in [2.75, 3.05) is 20.3 Å². The van der Waals surface area contributed by atoms with Gasteiger partial charge in [0, 0.05) is 11.6 Å². The minimum atomic E-state index is -0.258. The van der Waals surface area contributed by atoms with E-state index >= 15 is 0 Å². The van der Waals surface area contributed by atoms with Crippen LogP contribution in [0.15, 0.2) is 36.4 Å². The third-order valence-corrected chi connectivity index (χ3v) is 3.70. The second-order valence-electron chi connectivity index (χ2n) is 5.17. The molecular weight excluding hydrogens is 342 g/mol. The van der Waals surface area contributed by atoms with Crippen molar-refractivity contribution in [3.63, 3.8) is 0 Å². The van der Waals surface area contributed by atoms with Crippen molar-refractivity contribution < 1.29 is 19.0 Å². The highest BCUT2D eigenvalue weighted by Gasteiger charge is 2.13. The molecule has 0 radical (unpaired) electrons. The fourth-order valence-electron chi connectivity index (χ4n) is 2.34. The second kappa shape index (κ2) is 9.18. The molecule has 2 rings (SSSR count). The third kappa shape index (κ3) is 5.03. The molecule has 0 aliphatic heterocycles. The average Bonchev–Trinajstić information content (AvgIpc) is 2.62. The molecule has 0 aliphatic rings. The molecule has 0 bridgehead atoms. The molecule has 0 aliphatic carbocycles. The van der Waals surface area contributed by atoms with Crippen LogP contribution in [-0.2, 0) is 6.54 Å². The van der Waals surface area contributed by atoms with Gasteiger partial charge >= 0.3 is 0 Å².